The van der Waals surface area contributed by atoms with E-state index in [-0.39, 0.29) is 11.8 Å². The summed E-state index contributed by atoms with van der Waals surface area (Å²) in [7, 11) is 2.05. The molecule has 0 saturated carbocycles. The summed E-state index contributed by atoms with van der Waals surface area (Å²) in [6.07, 6.45) is 6.00. The number of para-hydroxylation sites is 2. The van der Waals surface area contributed by atoms with Crippen LogP contribution >= 0.6 is 0 Å². The van der Waals surface area contributed by atoms with Gasteiger partial charge in [0.05, 0.1) is 11.9 Å². The van der Waals surface area contributed by atoms with E-state index in [1.807, 2.05) is 56.3 Å². The number of aromatic nitrogens is 3. The van der Waals surface area contributed by atoms with Crippen LogP contribution in [-0.4, -0.2) is 38.4 Å². The molecule has 0 unspecified atom stereocenters. The first-order chi connectivity index (χ1) is 15.4. The minimum absolute atomic E-state index is 0.0519. The highest BCUT2D eigenvalue weighted by Gasteiger charge is 2.28. The van der Waals surface area contributed by atoms with Gasteiger partial charge < -0.3 is 19.2 Å². The van der Waals surface area contributed by atoms with E-state index in [0.29, 0.717) is 11.9 Å². The van der Waals surface area contributed by atoms with Crippen molar-refractivity contribution in [1.82, 2.24) is 19.4 Å². The van der Waals surface area contributed by atoms with Gasteiger partial charge in [0.15, 0.2) is 5.58 Å². The van der Waals surface area contributed by atoms with Crippen LogP contribution in [0.5, 0.6) is 0 Å². The molecular weight excluding hydrogens is 402 g/mol. The average Bonchev–Trinajstić information content (AvgIpc) is 3.36. The Morgan fingerprint density at radius 3 is 2.69 bits per heavy atom. The molecule has 166 valence electrons. The summed E-state index contributed by atoms with van der Waals surface area (Å²) in [5.41, 5.74) is 5.89. The maximum Gasteiger partial charge on any atom is 0.300 e. The van der Waals surface area contributed by atoms with Gasteiger partial charge in [-0.15, -0.1) is 0 Å². The molecule has 4 heterocycles. The quantitative estimate of drug-likeness (QED) is 0.485. The number of benzene rings is 1. The molecule has 7 heteroatoms. The van der Waals surface area contributed by atoms with Gasteiger partial charge >= 0.3 is 0 Å². The Balaban J connectivity index is 1.45. The molecule has 0 spiro atoms. The van der Waals surface area contributed by atoms with E-state index >= 15 is 0 Å². The monoisotopic (exact) mass is 431 g/mol. The smallest absolute Gasteiger partial charge is 0.300 e. The number of amides is 1. The number of hydrogen-bond donors (Lipinski definition) is 1. The van der Waals surface area contributed by atoms with Crippen molar-refractivity contribution in [1.29, 1.82) is 0 Å². The summed E-state index contributed by atoms with van der Waals surface area (Å²) in [5.74, 6) is 0.718. The molecule has 1 fully saturated rings. The zero-order valence-electron chi connectivity index (χ0n) is 19.1. The van der Waals surface area contributed by atoms with Crippen LogP contribution in [0, 0.1) is 12.8 Å². The fourth-order valence-corrected chi connectivity index (χ4v) is 4.79. The third-order valence-electron chi connectivity index (χ3n) is 6.55. The predicted molar refractivity (Wildman–Crippen MR) is 126 cm³/mol. The number of rotatable bonds is 4. The van der Waals surface area contributed by atoms with E-state index in [9.17, 15) is 4.79 Å². The van der Waals surface area contributed by atoms with E-state index in [1.165, 1.54) is 10.9 Å². The fraction of sp³-hybridized carbons (Fsp3) is 0.400. The van der Waals surface area contributed by atoms with Gasteiger partial charge in [0.25, 0.3) is 6.01 Å². The standard InChI is InChI=1S/C25H29N5O2/c1-15(2)24(31)30-11-9-17(10-12-30)18-14-29(4)23-22(18)16(3)20(13-26-23)28-25-27-19-7-5-6-8-21(19)32-25/h5-8,13-15,17H,9-12H2,1-4H3,(H,27,28). The third-order valence-corrected chi connectivity index (χ3v) is 6.55. The lowest BCUT2D eigenvalue weighted by molar-refractivity contribution is -0.135. The summed E-state index contributed by atoms with van der Waals surface area (Å²) >= 11 is 0. The van der Waals surface area contributed by atoms with Crippen molar-refractivity contribution in [2.24, 2.45) is 13.0 Å². The highest BCUT2D eigenvalue weighted by molar-refractivity contribution is 5.89. The molecule has 1 saturated heterocycles. The van der Waals surface area contributed by atoms with Crippen LogP contribution in [0.4, 0.5) is 11.7 Å². The Morgan fingerprint density at radius 2 is 1.97 bits per heavy atom. The fourth-order valence-electron chi connectivity index (χ4n) is 4.79. The first kappa shape index (κ1) is 20.5. The van der Waals surface area contributed by atoms with Gasteiger partial charge in [-0.3, -0.25) is 4.79 Å². The topological polar surface area (TPSA) is 76.2 Å². The van der Waals surface area contributed by atoms with Crippen LogP contribution in [0.1, 0.15) is 43.7 Å². The number of likely N-dealkylation sites (tertiary alicyclic amines) is 1. The highest BCUT2D eigenvalue weighted by atomic mass is 16.4. The summed E-state index contributed by atoms with van der Waals surface area (Å²) in [6, 6.07) is 8.20. The molecular formula is C25H29N5O2. The lowest BCUT2D eigenvalue weighted by Crippen LogP contribution is -2.40. The number of carbonyl (C=O) groups excluding carboxylic acids is 1. The van der Waals surface area contributed by atoms with Crippen LogP contribution in [0.2, 0.25) is 0 Å². The van der Waals surface area contributed by atoms with Crippen molar-refractivity contribution in [2.45, 2.75) is 39.5 Å². The first-order valence-electron chi connectivity index (χ1n) is 11.3. The van der Waals surface area contributed by atoms with Crippen molar-refractivity contribution in [3.63, 3.8) is 0 Å². The predicted octanol–water partition coefficient (Wildman–Crippen LogP) is 5.13. The largest absolute Gasteiger partial charge is 0.423 e. The number of hydrogen-bond acceptors (Lipinski definition) is 5. The number of anilines is 2. The van der Waals surface area contributed by atoms with Crippen LogP contribution in [0.3, 0.4) is 0 Å². The summed E-state index contributed by atoms with van der Waals surface area (Å²) in [4.78, 5) is 23.7. The second-order valence-corrected chi connectivity index (χ2v) is 9.06. The summed E-state index contributed by atoms with van der Waals surface area (Å²) in [5, 5.41) is 4.51. The molecule has 0 bridgehead atoms. The van der Waals surface area contributed by atoms with Crippen molar-refractivity contribution >= 4 is 39.7 Å². The van der Waals surface area contributed by atoms with Gasteiger partial charge in [0.2, 0.25) is 5.91 Å². The average molecular weight is 432 g/mol. The second kappa shape index (κ2) is 7.97. The second-order valence-electron chi connectivity index (χ2n) is 9.06. The summed E-state index contributed by atoms with van der Waals surface area (Å²) in [6.45, 7) is 7.69. The number of piperidine rings is 1. The van der Waals surface area contributed by atoms with Crippen LogP contribution in [0.25, 0.3) is 22.1 Å². The van der Waals surface area contributed by atoms with E-state index in [1.54, 1.807) is 0 Å². The number of fused-ring (bicyclic) bond motifs is 2. The molecule has 0 atom stereocenters. The van der Waals surface area contributed by atoms with E-state index in [2.05, 4.69) is 28.0 Å². The number of oxazole rings is 1. The van der Waals surface area contributed by atoms with Crippen molar-refractivity contribution in [3.05, 3.63) is 47.8 Å². The number of pyridine rings is 1. The molecule has 7 nitrogen and oxygen atoms in total. The van der Waals surface area contributed by atoms with Gasteiger partial charge in [-0.1, -0.05) is 26.0 Å². The summed E-state index contributed by atoms with van der Waals surface area (Å²) < 4.78 is 7.96. The van der Waals surface area contributed by atoms with E-state index in [4.69, 9.17) is 9.40 Å². The Morgan fingerprint density at radius 1 is 1.22 bits per heavy atom. The zero-order valence-corrected chi connectivity index (χ0v) is 19.1. The van der Waals surface area contributed by atoms with Gasteiger partial charge in [-0.25, -0.2) is 4.98 Å². The van der Waals surface area contributed by atoms with Crippen LogP contribution < -0.4 is 5.32 Å². The van der Waals surface area contributed by atoms with Gasteiger partial charge in [-0.2, -0.15) is 4.98 Å². The number of carbonyl (C=O) groups is 1. The Hall–Kier alpha value is -3.35. The lowest BCUT2D eigenvalue weighted by Gasteiger charge is -2.33. The maximum atomic E-state index is 12.4. The van der Waals surface area contributed by atoms with E-state index < -0.39 is 0 Å². The molecule has 32 heavy (non-hydrogen) atoms. The Bertz CT molecular complexity index is 1260. The molecule has 1 aromatic carbocycles. The van der Waals surface area contributed by atoms with Crippen molar-refractivity contribution < 1.29 is 9.21 Å². The zero-order chi connectivity index (χ0) is 22.4. The van der Waals surface area contributed by atoms with Gasteiger partial charge in [0.1, 0.15) is 11.2 Å². The van der Waals surface area contributed by atoms with Crippen LogP contribution in [-0.2, 0) is 11.8 Å². The SMILES string of the molecule is Cc1c(Nc2nc3ccccc3o2)cnc2c1c(C1CCN(C(=O)C(C)C)CC1)cn2C. The molecule has 5 rings (SSSR count). The minimum atomic E-state index is 0.0519. The number of nitrogens with one attached hydrogen (secondary N) is 1. The van der Waals surface area contributed by atoms with Crippen molar-refractivity contribution in [2.75, 3.05) is 18.4 Å². The van der Waals surface area contributed by atoms with E-state index in [0.717, 1.165) is 53.9 Å². The molecule has 0 aliphatic carbocycles. The normalized spacial score (nSPS) is 15.2. The van der Waals surface area contributed by atoms with Crippen LogP contribution in [0.15, 0.2) is 41.1 Å². The minimum Gasteiger partial charge on any atom is -0.423 e. The molecule has 0 radical (unpaired) electrons. The lowest BCUT2D eigenvalue weighted by atomic mass is 9.88. The Kier molecular flexibility index (Phi) is 5.12. The molecule has 1 aliphatic heterocycles. The number of nitrogens with zero attached hydrogens (tertiary/aromatic N) is 4. The molecule has 1 N–H and O–H groups in total. The molecule has 4 aromatic rings. The van der Waals surface area contributed by atoms with Gasteiger partial charge in [-0.05, 0) is 48.9 Å². The Labute approximate surface area is 187 Å². The molecule has 1 amide bonds. The number of aryl methyl sites for hydroxylation is 2. The molecule has 1 aliphatic rings. The third kappa shape index (κ3) is 3.51. The van der Waals surface area contributed by atoms with Crippen molar-refractivity contribution in [3.8, 4) is 0 Å². The highest BCUT2D eigenvalue weighted by Crippen LogP contribution is 2.37. The maximum absolute atomic E-state index is 12.4. The van der Waals surface area contributed by atoms with Gasteiger partial charge in [0, 0.05) is 37.6 Å². The first-order valence-corrected chi connectivity index (χ1v) is 11.3. The molecule has 3 aromatic heterocycles.